The number of nitrogens with one attached hydrogen (secondary N) is 2. The molecule has 138 valence electrons. The first-order chi connectivity index (χ1) is 13.0. The second-order valence-corrected chi connectivity index (χ2v) is 6.82. The monoisotopic (exact) mass is 385 g/mol. The fraction of sp³-hybridized carbons (Fsp3) is 0.211. The summed E-state index contributed by atoms with van der Waals surface area (Å²) in [4.78, 5) is 38.8. The molecule has 8 heteroatoms. The predicted octanol–water partition coefficient (Wildman–Crippen LogP) is 2.51. The van der Waals surface area contributed by atoms with E-state index in [0.29, 0.717) is 35.1 Å². The van der Waals surface area contributed by atoms with E-state index in [1.165, 1.54) is 0 Å². The van der Waals surface area contributed by atoms with Crippen LogP contribution in [-0.2, 0) is 15.1 Å². The zero-order valence-electron chi connectivity index (χ0n) is 14.2. The standard InChI is InChI=1S/C19H16ClN3O4/c20-12-4-3-5-13(10-12)21-16(24)11-23-17(25)19(22-18(23)26)8-9-27-15-7-2-1-6-14(15)19/h1-7,10H,8-9,11H2,(H,21,24)(H,22,26)/t19-/m0/s1. The topological polar surface area (TPSA) is 87.7 Å². The maximum Gasteiger partial charge on any atom is 0.325 e. The maximum atomic E-state index is 13.1. The highest BCUT2D eigenvalue weighted by Gasteiger charge is 2.55. The molecule has 0 saturated carbocycles. The molecule has 2 heterocycles. The molecule has 1 saturated heterocycles. The number of carbonyl (C=O) groups is 3. The summed E-state index contributed by atoms with van der Waals surface area (Å²) < 4.78 is 5.59. The molecule has 0 bridgehead atoms. The van der Waals surface area contributed by atoms with Crippen molar-refractivity contribution < 1.29 is 19.1 Å². The first-order valence-corrected chi connectivity index (χ1v) is 8.79. The van der Waals surface area contributed by atoms with Crippen LogP contribution < -0.4 is 15.4 Å². The fourth-order valence-corrected chi connectivity index (χ4v) is 3.62. The maximum absolute atomic E-state index is 13.1. The van der Waals surface area contributed by atoms with Gasteiger partial charge in [0.1, 0.15) is 12.3 Å². The van der Waals surface area contributed by atoms with E-state index in [1.807, 2.05) is 0 Å². The number of fused-ring (bicyclic) bond motifs is 2. The van der Waals surface area contributed by atoms with E-state index >= 15 is 0 Å². The molecule has 4 rings (SSSR count). The largest absolute Gasteiger partial charge is 0.493 e. The van der Waals surface area contributed by atoms with E-state index < -0.39 is 23.4 Å². The molecule has 1 atom stereocenters. The summed E-state index contributed by atoms with van der Waals surface area (Å²) in [5, 5.41) is 5.87. The number of para-hydroxylation sites is 1. The minimum atomic E-state index is -1.19. The molecule has 4 amide bonds. The number of carbonyl (C=O) groups excluding carboxylic acids is 3. The number of nitrogens with zero attached hydrogens (tertiary/aromatic N) is 1. The number of urea groups is 1. The third-order valence-electron chi connectivity index (χ3n) is 4.67. The van der Waals surface area contributed by atoms with Crippen LogP contribution in [0.15, 0.2) is 48.5 Å². The third kappa shape index (κ3) is 3.00. The molecule has 1 spiro atoms. The van der Waals surface area contributed by atoms with Crippen molar-refractivity contribution in [3.63, 3.8) is 0 Å². The van der Waals surface area contributed by atoms with Crippen molar-refractivity contribution in [2.45, 2.75) is 12.0 Å². The molecule has 2 aromatic rings. The lowest BCUT2D eigenvalue weighted by Crippen LogP contribution is -2.48. The average molecular weight is 386 g/mol. The van der Waals surface area contributed by atoms with Gasteiger partial charge in [0.25, 0.3) is 5.91 Å². The number of rotatable bonds is 3. The molecule has 0 aromatic heterocycles. The van der Waals surface area contributed by atoms with Crippen LogP contribution in [0.2, 0.25) is 5.02 Å². The smallest absolute Gasteiger partial charge is 0.325 e. The van der Waals surface area contributed by atoms with E-state index in [4.69, 9.17) is 16.3 Å². The van der Waals surface area contributed by atoms with Gasteiger partial charge in [-0.3, -0.25) is 14.5 Å². The highest BCUT2D eigenvalue weighted by molar-refractivity contribution is 6.30. The lowest BCUT2D eigenvalue weighted by atomic mass is 9.84. The molecular weight excluding hydrogens is 370 g/mol. The third-order valence-corrected chi connectivity index (χ3v) is 4.90. The van der Waals surface area contributed by atoms with Gasteiger partial charge < -0.3 is 15.4 Å². The van der Waals surface area contributed by atoms with Crippen LogP contribution in [0.25, 0.3) is 0 Å². The molecule has 1 fully saturated rings. The molecule has 2 N–H and O–H groups in total. The molecule has 0 unspecified atom stereocenters. The number of amides is 4. The van der Waals surface area contributed by atoms with Crippen LogP contribution in [-0.4, -0.2) is 35.9 Å². The Morgan fingerprint density at radius 1 is 1.22 bits per heavy atom. The number of hydrogen-bond donors (Lipinski definition) is 2. The Hall–Kier alpha value is -3.06. The van der Waals surface area contributed by atoms with Crippen molar-refractivity contribution in [1.82, 2.24) is 10.2 Å². The van der Waals surface area contributed by atoms with E-state index in [1.54, 1.807) is 48.5 Å². The number of halogens is 1. The second-order valence-electron chi connectivity index (χ2n) is 6.38. The van der Waals surface area contributed by atoms with Gasteiger partial charge in [-0.2, -0.15) is 0 Å². The molecule has 2 aliphatic heterocycles. The van der Waals surface area contributed by atoms with Crippen molar-refractivity contribution in [3.05, 3.63) is 59.1 Å². The quantitative estimate of drug-likeness (QED) is 0.795. The molecule has 2 aliphatic rings. The summed E-state index contributed by atoms with van der Waals surface area (Å²) in [6.45, 7) is -0.0897. The first kappa shape index (κ1) is 17.4. The second kappa shape index (κ2) is 6.59. The Bertz CT molecular complexity index is 948. The summed E-state index contributed by atoms with van der Waals surface area (Å²) in [7, 11) is 0. The Kier molecular flexibility index (Phi) is 4.24. The lowest BCUT2D eigenvalue weighted by Gasteiger charge is -2.33. The van der Waals surface area contributed by atoms with Crippen LogP contribution in [0.1, 0.15) is 12.0 Å². The highest BCUT2D eigenvalue weighted by atomic mass is 35.5. The summed E-state index contributed by atoms with van der Waals surface area (Å²) >= 11 is 5.90. The Labute approximate surface area is 160 Å². The zero-order chi connectivity index (χ0) is 19.0. The molecule has 7 nitrogen and oxygen atoms in total. The summed E-state index contributed by atoms with van der Waals surface area (Å²) in [5.41, 5.74) is -0.0968. The molecule has 27 heavy (non-hydrogen) atoms. The average Bonchev–Trinajstić information content (AvgIpc) is 2.87. The normalized spacial score (nSPS) is 20.9. The first-order valence-electron chi connectivity index (χ1n) is 8.41. The summed E-state index contributed by atoms with van der Waals surface area (Å²) in [6, 6.07) is 13.1. The van der Waals surface area contributed by atoms with Crippen molar-refractivity contribution in [2.75, 3.05) is 18.5 Å². The number of hydrogen-bond acceptors (Lipinski definition) is 4. The Balaban J connectivity index is 1.55. The highest BCUT2D eigenvalue weighted by Crippen LogP contribution is 2.40. The van der Waals surface area contributed by atoms with Crippen molar-refractivity contribution in [2.24, 2.45) is 0 Å². The predicted molar refractivity (Wildman–Crippen MR) is 98.6 cm³/mol. The van der Waals surface area contributed by atoms with Gasteiger partial charge >= 0.3 is 6.03 Å². The zero-order valence-corrected chi connectivity index (χ0v) is 15.0. The molecule has 0 aliphatic carbocycles. The Morgan fingerprint density at radius 2 is 2.04 bits per heavy atom. The van der Waals surface area contributed by atoms with Crippen molar-refractivity contribution in [1.29, 1.82) is 0 Å². The number of ether oxygens (including phenoxy) is 1. The van der Waals surface area contributed by atoms with Crippen LogP contribution >= 0.6 is 11.6 Å². The number of imide groups is 1. The fourth-order valence-electron chi connectivity index (χ4n) is 3.43. The summed E-state index contributed by atoms with van der Waals surface area (Å²) in [5.74, 6) is -0.384. The van der Waals surface area contributed by atoms with Gasteiger partial charge in [-0.25, -0.2) is 4.79 Å². The van der Waals surface area contributed by atoms with Gasteiger partial charge in [-0.05, 0) is 24.3 Å². The number of anilines is 1. The van der Waals surface area contributed by atoms with E-state index in [-0.39, 0.29) is 6.54 Å². The minimum Gasteiger partial charge on any atom is -0.493 e. The van der Waals surface area contributed by atoms with Crippen LogP contribution in [0.3, 0.4) is 0 Å². The van der Waals surface area contributed by atoms with Gasteiger partial charge in [0.15, 0.2) is 5.54 Å². The minimum absolute atomic E-state index is 0.297. The van der Waals surface area contributed by atoms with Crippen LogP contribution in [0.5, 0.6) is 5.75 Å². The van der Waals surface area contributed by atoms with Gasteiger partial charge in [-0.15, -0.1) is 0 Å². The van der Waals surface area contributed by atoms with Crippen molar-refractivity contribution >= 4 is 35.1 Å². The van der Waals surface area contributed by atoms with E-state index in [9.17, 15) is 14.4 Å². The summed E-state index contributed by atoms with van der Waals surface area (Å²) in [6.07, 6.45) is 0.307. The molecule has 0 radical (unpaired) electrons. The molecular formula is C19H16ClN3O4. The van der Waals surface area contributed by atoms with Crippen molar-refractivity contribution in [3.8, 4) is 5.75 Å². The Morgan fingerprint density at radius 3 is 2.85 bits per heavy atom. The lowest BCUT2D eigenvalue weighted by molar-refractivity contribution is -0.135. The van der Waals surface area contributed by atoms with Gasteiger partial charge in [0, 0.05) is 22.7 Å². The van der Waals surface area contributed by atoms with Crippen LogP contribution in [0, 0.1) is 0 Å². The van der Waals surface area contributed by atoms with Gasteiger partial charge in [0.05, 0.1) is 6.61 Å². The van der Waals surface area contributed by atoms with E-state index in [0.717, 1.165) is 4.90 Å². The number of benzene rings is 2. The SMILES string of the molecule is O=C(CN1C(=O)N[C@]2(CCOc3ccccc32)C1=O)Nc1cccc(Cl)c1. The van der Waals surface area contributed by atoms with Gasteiger partial charge in [-0.1, -0.05) is 35.9 Å². The van der Waals surface area contributed by atoms with E-state index in [2.05, 4.69) is 10.6 Å². The molecule has 2 aromatic carbocycles. The van der Waals surface area contributed by atoms with Crippen LogP contribution in [0.4, 0.5) is 10.5 Å². The van der Waals surface area contributed by atoms with Gasteiger partial charge in [0.2, 0.25) is 5.91 Å².